The summed E-state index contributed by atoms with van der Waals surface area (Å²) in [5, 5.41) is 3.14. The first-order valence-corrected chi connectivity index (χ1v) is 16.0. The molecule has 0 spiro atoms. The van der Waals surface area contributed by atoms with Crippen LogP contribution in [-0.2, 0) is 26.2 Å². The highest BCUT2D eigenvalue weighted by atomic mass is 32.2. The monoisotopic (exact) mass is 593 g/mol. The maximum Gasteiger partial charge on any atom is 0.264 e. The van der Waals surface area contributed by atoms with Gasteiger partial charge in [-0.25, -0.2) is 12.8 Å². The minimum atomic E-state index is -4.33. The Bertz CT molecular complexity index is 1490. The molecule has 9 heteroatoms. The second-order valence-electron chi connectivity index (χ2n) is 11.0. The van der Waals surface area contributed by atoms with Crippen molar-refractivity contribution in [3.05, 3.63) is 95.3 Å². The summed E-state index contributed by atoms with van der Waals surface area (Å²) in [6.45, 7) is 5.03. The third-order valence-corrected chi connectivity index (χ3v) is 9.72. The van der Waals surface area contributed by atoms with Gasteiger partial charge in [0.25, 0.3) is 10.0 Å². The van der Waals surface area contributed by atoms with E-state index >= 15 is 4.39 Å². The molecule has 42 heavy (non-hydrogen) atoms. The van der Waals surface area contributed by atoms with Crippen molar-refractivity contribution in [2.45, 2.75) is 82.8 Å². The van der Waals surface area contributed by atoms with Crippen LogP contribution in [0.4, 0.5) is 10.1 Å². The van der Waals surface area contributed by atoms with Crippen LogP contribution in [0.5, 0.6) is 0 Å². The number of amides is 2. The molecular weight excluding hydrogens is 553 g/mol. The topological polar surface area (TPSA) is 86.8 Å². The van der Waals surface area contributed by atoms with Gasteiger partial charge in [-0.1, -0.05) is 80.3 Å². The van der Waals surface area contributed by atoms with Crippen molar-refractivity contribution in [1.82, 2.24) is 10.2 Å². The zero-order valence-corrected chi connectivity index (χ0v) is 25.4. The lowest BCUT2D eigenvalue weighted by Crippen LogP contribution is -2.54. The number of aryl methyl sites for hydroxylation is 2. The number of benzene rings is 3. The maximum atomic E-state index is 15.1. The number of hydrogen-bond donors (Lipinski definition) is 1. The number of anilines is 1. The summed E-state index contributed by atoms with van der Waals surface area (Å²) in [5.74, 6) is -1.62. The molecule has 4 rings (SSSR count). The van der Waals surface area contributed by atoms with E-state index in [1.54, 1.807) is 12.1 Å². The van der Waals surface area contributed by atoms with Crippen LogP contribution in [0.3, 0.4) is 0 Å². The van der Waals surface area contributed by atoms with Gasteiger partial charge in [-0.15, -0.1) is 0 Å². The molecule has 0 heterocycles. The molecule has 1 aliphatic carbocycles. The van der Waals surface area contributed by atoms with Gasteiger partial charge in [-0.3, -0.25) is 13.9 Å². The molecule has 1 aliphatic rings. The maximum absolute atomic E-state index is 15.1. The molecular formula is C33H40FN3O4S. The molecule has 3 aromatic carbocycles. The number of para-hydroxylation sites is 1. The second-order valence-corrected chi connectivity index (χ2v) is 12.9. The van der Waals surface area contributed by atoms with Gasteiger partial charge in [0, 0.05) is 12.6 Å². The normalized spacial score (nSPS) is 14.7. The Labute approximate surface area is 248 Å². The third kappa shape index (κ3) is 7.37. The largest absolute Gasteiger partial charge is 0.352 e. The predicted octanol–water partition coefficient (Wildman–Crippen LogP) is 5.89. The summed E-state index contributed by atoms with van der Waals surface area (Å²) in [6, 6.07) is 18.5. The smallest absolute Gasteiger partial charge is 0.264 e. The Morgan fingerprint density at radius 1 is 0.929 bits per heavy atom. The SMILES string of the molecule is CC[C@@H](C(=O)NC1CCCCC1)N(Cc1ccccc1C)C(=O)CN(c1ccccc1F)S(=O)(=O)c1ccc(C)cc1. The Morgan fingerprint density at radius 2 is 1.57 bits per heavy atom. The standard InChI is InChI=1S/C33H40FN3O4S/c1-4-30(33(39)35-27-14-6-5-7-15-27)36(22-26-13-9-8-12-25(26)3)32(38)23-37(31-17-11-10-16-29(31)34)42(40,41)28-20-18-24(2)19-21-28/h8-13,16-21,27,30H,4-7,14-15,22-23H2,1-3H3,(H,35,39)/t30-/m0/s1. The van der Waals surface area contributed by atoms with Crippen LogP contribution >= 0.6 is 0 Å². The molecule has 1 atom stereocenters. The summed E-state index contributed by atoms with van der Waals surface area (Å²) in [5.41, 5.74) is 2.41. The van der Waals surface area contributed by atoms with Crippen LogP contribution in [0, 0.1) is 19.7 Å². The molecule has 7 nitrogen and oxygen atoms in total. The van der Waals surface area contributed by atoms with Crippen molar-refractivity contribution in [3.8, 4) is 0 Å². The number of carbonyl (C=O) groups is 2. The van der Waals surface area contributed by atoms with Crippen molar-refractivity contribution < 1.29 is 22.4 Å². The molecule has 0 aliphatic heterocycles. The average molecular weight is 594 g/mol. The lowest BCUT2D eigenvalue weighted by molar-refractivity contribution is -0.140. The van der Waals surface area contributed by atoms with Crippen LogP contribution in [0.1, 0.15) is 62.1 Å². The quantitative estimate of drug-likeness (QED) is 0.300. The Balaban J connectivity index is 1.72. The number of hydrogen-bond acceptors (Lipinski definition) is 4. The van der Waals surface area contributed by atoms with E-state index < -0.39 is 34.3 Å². The highest BCUT2D eigenvalue weighted by Crippen LogP contribution is 2.28. The number of rotatable bonds is 11. The molecule has 0 saturated heterocycles. The van der Waals surface area contributed by atoms with Crippen molar-refractivity contribution in [2.24, 2.45) is 0 Å². The Kier molecular flexibility index (Phi) is 10.4. The van der Waals surface area contributed by atoms with Crippen LogP contribution in [0.25, 0.3) is 0 Å². The fraction of sp³-hybridized carbons (Fsp3) is 0.394. The van der Waals surface area contributed by atoms with Crippen LogP contribution in [0.2, 0.25) is 0 Å². The minimum absolute atomic E-state index is 0.0486. The second kappa shape index (κ2) is 14.0. The fourth-order valence-electron chi connectivity index (χ4n) is 5.44. The van der Waals surface area contributed by atoms with Crippen LogP contribution < -0.4 is 9.62 Å². The van der Waals surface area contributed by atoms with E-state index in [0.29, 0.717) is 6.42 Å². The number of nitrogens with one attached hydrogen (secondary N) is 1. The van der Waals surface area contributed by atoms with Gasteiger partial charge in [0.15, 0.2) is 0 Å². The van der Waals surface area contributed by atoms with E-state index in [1.165, 1.54) is 35.2 Å². The van der Waals surface area contributed by atoms with E-state index in [9.17, 15) is 18.0 Å². The van der Waals surface area contributed by atoms with Gasteiger partial charge in [0.2, 0.25) is 11.8 Å². The average Bonchev–Trinajstić information content (AvgIpc) is 2.98. The molecule has 2 amide bonds. The van der Waals surface area contributed by atoms with Crippen LogP contribution in [0.15, 0.2) is 77.7 Å². The number of carbonyl (C=O) groups excluding carboxylic acids is 2. The minimum Gasteiger partial charge on any atom is -0.352 e. The van der Waals surface area contributed by atoms with Gasteiger partial charge < -0.3 is 10.2 Å². The van der Waals surface area contributed by atoms with Crippen LogP contribution in [-0.4, -0.2) is 43.8 Å². The lowest BCUT2D eigenvalue weighted by atomic mass is 9.95. The number of halogens is 1. The molecule has 1 N–H and O–H groups in total. The predicted molar refractivity (Wildman–Crippen MR) is 163 cm³/mol. The van der Waals surface area contributed by atoms with Gasteiger partial charge >= 0.3 is 0 Å². The summed E-state index contributed by atoms with van der Waals surface area (Å²) in [6.07, 6.45) is 5.35. The van der Waals surface area contributed by atoms with Crippen molar-refractivity contribution in [3.63, 3.8) is 0 Å². The molecule has 0 unspecified atom stereocenters. The fourth-order valence-corrected chi connectivity index (χ4v) is 6.86. The summed E-state index contributed by atoms with van der Waals surface area (Å²) in [7, 11) is -4.33. The van der Waals surface area contributed by atoms with Crippen molar-refractivity contribution in [2.75, 3.05) is 10.8 Å². The zero-order valence-electron chi connectivity index (χ0n) is 24.6. The highest BCUT2D eigenvalue weighted by Gasteiger charge is 2.35. The number of sulfonamides is 1. The lowest BCUT2D eigenvalue weighted by Gasteiger charge is -2.34. The first-order valence-electron chi connectivity index (χ1n) is 14.6. The van der Waals surface area contributed by atoms with E-state index in [4.69, 9.17) is 0 Å². The van der Waals surface area contributed by atoms with Gasteiger partial charge in [-0.05, 0) is 68.5 Å². The van der Waals surface area contributed by atoms with Gasteiger partial charge in [0.05, 0.1) is 10.6 Å². The molecule has 1 saturated carbocycles. The Morgan fingerprint density at radius 3 is 2.21 bits per heavy atom. The van der Waals surface area contributed by atoms with Gasteiger partial charge in [0.1, 0.15) is 18.4 Å². The summed E-state index contributed by atoms with van der Waals surface area (Å²) in [4.78, 5) is 29.2. The van der Waals surface area contributed by atoms with Gasteiger partial charge in [-0.2, -0.15) is 0 Å². The molecule has 224 valence electrons. The van der Waals surface area contributed by atoms with E-state index in [0.717, 1.165) is 59.2 Å². The highest BCUT2D eigenvalue weighted by molar-refractivity contribution is 7.92. The first-order chi connectivity index (χ1) is 20.1. The third-order valence-electron chi connectivity index (χ3n) is 7.95. The van der Waals surface area contributed by atoms with Crippen molar-refractivity contribution in [1.29, 1.82) is 0 Å². The molecule has 0 bridgehead atoms. The number of nitrogens with zero attached hydrogens (tertiary/aromatic N) is 2. The van der Waals surface area contributed by atoms with E-state index in [1.807, 2.05) is 45.0 Å². The summed E-state index contributed by atoms with van der Waals surface area (Å²) >= 11 is 0. The molecule has 0 radical (unpaired) electrons. The molecule has 0 aromatic heterocycles. The molecule has 3 aromatic rings. The first kappa shape index (κ1) is 31.2. The van der Waals surface area contributed by atoms with Crippen molar-refractivity contribution >= 4 is 27.5 Å². The summed E-state index contributed by atoms with van der Waals surface area (Å²) < 4.78 is 43.8. The Hall–Kier alpha value is -3.72. The van der Waals surface area contributed by atoms with E-state index in [-0.39, 0.29) is 29.1 Å². The zero-order chi connectivity index (χ0) is 30.3. The van der Waals surface area contributed by atoms with E-state index in [2.05, 4.69) is 5.32 Å². The molecule has 1 fully saturated rings.